The fraction of sp³-hybridized carbons (Fsp3) is 0.455. The summed E-state index contributed by atoms with van der Waals surface area (Å²) in [6, 6.07) is 0. The average Bonchev–Trinajstić information content (AvgIpc) is 2.70. The standard InChI is InChI=1S/C11H13IN2O6/c12-2-1-5-3-14(11(19)13-9(5)18)10-8(17)7(16)6(4-15)20-10/h1-3,6-8,10,15-17H,4H2,(H,13,18,19)/t6-,7-,8+,10-/m1/s1. The maximum absolute atomic E-state index is 11.8. The van der Waals surface area contributed by atoms with Crippen molar-refractivity contribution in [1.82, 2.24) is 9.55 Å². The molecule has 1 aromatic heterocycles. The molecule has 110 valence electrons. The van der Waals surface area contributed by atoms with Crippen LogP contribution in [0.2, 0.25) is 0 Å². The van der Waals surface area contributed by atoms with Crippen LogP contribution in [-0.4, -0.2) is 49.8 Å². The highest BCUT2D eigenvalue weighted by Crippen LogP contribution is 2.27. The van der Waals surface area contributed by atoms with Gasteiger partial charge < -0.3 is 20.1 Å². The van der Waals surface area contributed by atoms with E-state index in [0.29, 0.717) is 0 Å². The molecule has 1 fully saturated rings. The first-order valence-electron chi connectivity index (χ1n) is 5.74. The lowest BCUT2D eigenvalue weighted by Crippen LogP contribution is -2.38. The molecule has 1 saturated heterocycles. The molecule has 0 radical (unpaired) electrons. The average molecular weight is 396 g/mol. The summed E-state index contributed by atoms with van der Waals surface area (Å²) in [7, 11) is 0. The van der Waals surface area contributed by atoms with E-state index in [9.17, 15) is 19.8 Å². The number of ether oxygens (including phenoxy) is 1. The van der Waals surface area contributed by atoms with Crippen LogP contribution in [0, 0.1) is 0 Å². The molecule has 0 spiro atoms. The van der Waals surface area contributed by atoms with Crippen LogP contribution in [0.5, 0.6) is 0 Å². The highest BCUT2D eigenvalue weighted by atomic mass is 127. The van der Waals surface area contributed by atoms with Gasteiger partial charge in [0.1, 0.15) is 18.3 Å². The van der Waals surface area contributed by atoms with Gasteiger partial charge in [-0.2, -0.15) is 0 Å². The number of nitrogens with zero attached hydrogens (tertiary/aromatic N) is 1. The first kappa shape index (κ1) is 15.4. The summed E-state index contributed by atoms with van der Waals surface area (Å²) in [5, 5.41) is 28.6. The lowest BCUT2D eigenvalue weighted by atomic mass is 10.1. The Bertz CT molecular complexity index is 624. The zero-order valence-electron chi connectivity index (χ0n) is 10.1. The van der Waals surface area contributed by atoms with Gasteiger partial charge in [-0.25, -0.2) is 4.79 Å². The number of rotatable bonds is 3. The molecule has 0 bridgehead atoms. The number of aliphatic hydroxyl groups excluding tert-OH is 3. The maximum atomic E-state index is 11.8. The number of halogens is 1. The summed E-state index contributed by atoms with van der Waals surface area (Å²) >= 11 is 1.92. The van der Waals surface area contributed by atoms with E-state index < -0.39 is 42.4 Å². The van der Waals surface area contributed by atoms with Crippen LogP contribution >= 0.6 is 22.6 Å². The number of hydrogen-bond acceptors (Lipinski definition) is 6. The van der Waals surface area contributed by atoms with Gasteiger partial charge in [0.15, 0.2) is 6.23 Å². The maximum Gasteiger partial charge on any atom is 0.330 e. The van der Waals surface area contributed by atoms with Crippen molar-refractivity contribution >= 4 is 28.7 Å². The van der Waals surface area contributed by atoms with E-state index in [1.54, 1.807) is 4.08 Å². The number of H-pyrrole nitrogens is 1. The number of nitrogens with one attached hydrogen (secondary N) is 1. The number of aromatic amines is 1. The highest BCUT2D eigenvalue weighted by Gasteiger charge is 2.43. The van der Waals surface area contributed by atoms with Crippen molar-refractivity contribution in [2.45, 2.75) is 24.5 Å². The number of hydrogen-bond donors (Lipinski definition) is 4. The second-order valence-corrected chi connectivity index (χ2v) is 4.99. The molecule has 0 aromatic carbocycles. The minimum absolute atomic E-state index is 0.205. The first-order chi connectivity index (χ1) is 9.49. The summed E-state index contributed by atoms with van der Waals surface area (Å²) < 4.78 is 7.81. The van der Waals surface area contributed by atoms with Crippen molar-refractivity contribution in [1.29, 1.82) is 0 Å². The molecule has 4 N–H and O–H groups in total. The lowest BCUT2D eigenvalue weighted by Gasteiger charge is -2.17. The van der Waals surface area contributed by atoms with Crippen molar-refractivity contribution in [3.63, 3.8) is 0 Å². The van der Waals surface area contributed by atoms with Crippen LogP contribution < -0.4 is 11.2 Å². The molecular weight excluding hydrogens is 383 g/mol. The third-order valence-corrected chi connectivity index (χ3v) is 3.39. The largest absolute Gasteiger partial charge is 0.394 e. The van der Waals surface area contributed by atoms with Crippen LogP contribution in [0.15, 0.2) is 19.9 Å². The fourth-order valence-corrected chi connectivity index (χ4v) is 2.37. The molecule has 2 heterocycles. The zero-order chi connectivity index (χ0) is 14.9. The molecule has 1 aromatic rings. The monoisotopic (exact) mass is 396 g/mol. The first-order valence-corrected chi connectivity index (χ1v) is 6.99. The minimum atomic E-state index is -1.38. The van der Waals surface area contributed by atoms with Crippen molar-refractivity contribution in [2.24, 2.45) is 0 Å². The molecular formula is C11H13IN2O6. The van der Waals surface area contributed by atoms with Gasteiger partial charge in [-0.3, -0.25) is 14.3 Å². The van der Waals surface area contributed by atoms with Gasteiger partial charge in [-0.05, 0) is 10.2 Å². The third kappa shape index (κ3) is 2.72. The number of aromatic nitrogens is 2. The molecule has 0 unspecified atom stereocenters. The summed E-state index contributed by atoms with van der Waals surface area (Å²) in [5.74, 6) is 0. The Balaban J connectivity index is 2.46. The minimum Gasteiger partial charge on any atom is -0.394 e. The van der Waals surface area contributed by atoms with Crippen molar-refractivity contribution in [3.05, 3.63) is 36.7 Å². The summed E-state index contributed by atoms with van der Waals surface area (Å²) in [5.41, 5.74) is -1.13. The molecule has 20 heavy (non-hydrogen) atoms. The van der Waals surface area contributed by atoms with Gasteiger partial charge in [0.05, 0.1) is 12.2 Å². The summed E-state index contributed by atoms with van der Waals surface area (Å²) in [6.07, 6.45) is -2.14. The Labute approximate surface area is 126 Å². The van der Waals surface area contributed by atoms with Crippen molar-refractivity contribution < 1.29 is 20.1 Å². The van der Waals surface area contributed by atoms with Gasteiger partial charge in [-0.1, -0.05) is 22.6 Å². The molecule has 4 atom stereocenters. The van der Waals surface area contributed by atoms with E-state index in [2.05, 4.69) is 4.98 Å². The lowest BCUT2D eigenvalue weighted by molar-refractivity contribution is -0.0550. The van der Waals surface area contributed by atoms with Crippen molar-refractivity contribution in [2.75, 3.05) is 6.61 Å². The topological polar surface area (TPSA) is 125 Å². The second kappa shape index (κ2) is 6.18. The van der Waals surface area contributed by atoms with Crippen LogP contribution in [-0.2, 0) is 4.74 Å². The van der Waals surface area contributed by atoms with Crippen LogP contribution in [0.3, 0.4) is 0 Å². The molecule has 8 nitrogen and oxygen atoms in total. The summed E-state index contributed by atoms with van der Waals surface area (Å²) in [6.45, 7) is -0.493. The molecule has 0 aliphatic carbocycles. The normalized spacial score (nSPS) is 30.2. The smallest absolute Gasteiger partial charge is 0.330 e. The zero-order valence-corrected chi connectivity index (χ0v) is 12.3. The van der Waals surface area contributed by atoms with Gasteiger partial charge in [0.2, 0.25) is 0 Å². The molecule has 1 aliphatic rings. The molecule has 2 rings (SSSR count). The Morgan fingerprint density at radius 3 is 2.65 bits per heavy atom. The summed E-state index contributed by atoms with van der Waals surface area (Å²) in [4.78, 5) is 25.4. The molecule has 9 heteroatoms. The van der Waals surface area contributed by atoms with Gasteiger partial charge >= 0.3 is 5.69 Å². The van der Waals surface area contributed by atoms with E-state index >= 15 is 0 Å². The van der Waals surface area contributed by atoms with E-state index in [4.69, 9.17) is 9.84 Å². The van der Waals surface area contributed by atoms with E-state index in [-0.39, 0.29) is 5.56 Å². The van der Waals surface area contributed by atoms with Gasteiger partial charge in [0, 0.05) is 6.20 Å². The highest BCUT2D eigenvalue weighted by molar-refractivity contribution is 14.1. The SMILES string of the molecule is O=c1[nH]c(=O)n([C@@H]2O[C@H](CO)[C@@H](O)[C@@H]2O)cc1C=CI. The van der Waals surface area contributed by atoms with Crippen LogP contribution in [0.25, 0.3) is 6.08 Å². The predicted octanol–water partition coefficient (Wildman–Crippen LogP) is -1.45. The van der Waals surface area contributed by atoms with E-state index in [1.165, 1.54) is 12.3 Å². The van der Waals surface area contributed by atoms with Gasteiger partial charge in [-0.15, -0.1) is 0 Å². The molecule has 1 aliphatic heterocycles. The Morgan fingerprint density at radius 2 is 2.10 bits per heavy atom. The van der Waals surface area contributed by atoms with Crippen LogP contribution in [0.4, 0.5) is 0 Å². The molecule has 0 amide bonds. The van der Waals surface area contributed by atoms with Crippen LogP contribution in [0.1, 0.15) is 11.8 Å². The Morgan fingerprint density at radius 1 is 1.40 bits per heavy atom. The van der Waals surface area contributed by atoms with E-state index in [1.807, 2.05) is 22.6 Å². The third-order valence-electron chi connectivity index (χ3n) is 3.03. The fourth-order valence-electron chi connectivity index (χ4n) is 1.99. The predicted molar refractivity (Wildman–Crippen MR) is 77.4 cm³/mol. The molecule has 0 saturated carbocycles. The Kier molecular flexibility index (Phi) is 4.75. The Hall–Kier alpha value is -1.01. The van der Waals surface area contributed by atoms with Gasteiger partial charge in [0.25, 0.3) is 5.56 Å². The quantitative estimate of drug-likeness (QED) is 0.464. The second-order valence-electron chi connectivity index (χ2n) is 4.27. The van der Waals surface area contributed by atoms with E-state index in [0.717, 1.165) is 4.57 Å². The number of aliphatic hydroxyl groups is 3. The van der Waals surface area contributed by atoms with Crippen molar-refractivity contribution in [3.8, 4) is 0 Å².